The Labute approximate surface area is 117 Å². The van der Waals surface area contributed by atoms with Gasteiger partial charge in [0.1, 0.15) is 5.82 Å². The molecular weight excluding hydrogens is 259 g/mol. The van der Waals surface area contributed by atoms with E-state index in [4.69, 9.17) is 0 Å². The van der Waals surface area contributed by atoms with Crippen molar-refractivity contribution in [3.8, 4) is 0 Å². The maximum Gasteiger partial charge on any atom is 0.124 e. The molecule has 2 N–H and O–H groups in total. The van der Waals surface area contributed by atoms with E-state index in [1.54, 1.807) is 17.4 Å². The van der Waals surface area contributed by atoms with Gasteiger partial charge in [-0.25, -0.2) is 4.39 Å². The van der Waals surface area contributed by atoms with Gasteiger partial charge < -0.3 is 10.6 Å². The first-order valence-electron chi connectivity index (χ1n) is 6.85. The van der Waals surface area contributed by atoms with Gasteiger partial charge in [0, 0.05) is 34.8 Å². The quantitative estimate of drug-likeness (QED) is 0.847. The fourth-order valence-corrected chi connectivity index (χ4v) is 3.17. The van der Waals surface area contributed by atoms with E-state index >= 15 is 0 Å². The molecule has 0 aliphatic heterocycles. The first-order chi connectivity index (χ1) is 9.20. The highest BCUT2D eigenvalue weighted by Gasteiger charge is 2.20. The standard InChI is InChI=1S/C15H19FN2S/c1-10(8-18-13-4-5-13)17-9-14-6-11-2-3-12(16)7-15(11)19-14/h2-3,6-7,10,13,17-18H,4-5,8-9H2,1H3. The SMILES string of the molecule is CC(CNC1CC1)NCc1cc2ccc(F)cc2s1. The van der Waals surface area contributed by atoms with Gasteiger partial charge in [-0.05, 0) is 43.4 Å². The molecule has 4 heteroatoms. The van der Waals surface area contributed by atoms with E-state index in [1.807, 2.05) is 6.07 Å². The number of rotatable bonds is 6. The van der Waals surface area contributed by atoms with Crippen molar-refractivity contribution in [3.63, 3.8) is 0 Å². The van der Waals surface area contributed by atoms with Gasteiger partial charge in [0.15, 0.2) is 0 Å². The Bertz CT molecular complexity index is 562. The van der Waals surface area contributed by atoms with Crippen LogP contribution in [0.5, 0.6) is 0 Å². The lowest BCUT2D eigenvalue weighted by atomic mass is 10.2. The zero-order chi connectivity index (χ0) is 13.2. The van der Waals surface area contributed by atoms with Crippen LogP contribution >= 0.6 is 11.3 Å². The second-order valence-corrected chi connectivity index (χ2v) is 6.53. The average molecular weight is 278 g/mol. The summed E-state index contributed by atoms with van der Waals surface area (Å²) in [5.41, 5.74) is 0. The Balaban J connectivity index is 1.55. The molecule has 1 aromatic heterocycles. The molecule has 2 nitrogen and oxygen atoms in total. The molecule has 0 amide bonds. The topological polar surface area (TPSA) is 24.1 Å². The average Bonchev–Trinajstić information content (AvgIpc) is 3.13. The fraction of sp³-hybridized carbons (Fsp3) is 0.467. The Kier molecular flexibility index (Phi) is 3.82. The van der Waals surface area contributed by atoms with E-state index in [9.17, 15) is 4.39 Å². The fourth-order valence-electron chi connectivity index (χ4n) is 2.12. The number of thiophene rings is 1. The van der Waals surface area contributed by atoms with E-state index in [0.29, 0.717) is 6.04 Å². The van der Waals surface area contributed by atoms with Gasteiger partial charge in [-0.2, -0.15) is 0 Å². The Hall–Kier alpha value is -0.970. The largest absolute Gasteiger partial charge is 0.312 e. The van der Waals surface area contributed by atoms with Crippen LogP contribution in [0.4, 0.5) is 4.39 Å². The molecule has 1 aliphatic rings. The third-order valence-corrected chi connectivity index (χ3v) is 4.55. The Morgan fingerprint density at radius 1 is 1.37 bits per heavy atom. The van der Waals surface area contributed by atoms with Crippen LogP contribution < -0.4 is 10.6 Å². The third kappa shape index (κ3) is 3.53. The summed E-state index contributed by atoms with van der Waals surface area (Å²) in [5, 5.41) is 8.16. The second-order valence-electron chi connectivity index (χ2n) is 5.36. The number of nitrogens with one attached hydrogen (secondary N) is 2. The predicted molar refractivity (Wildman–Crippen MR) is 79.1 cm³/mol. The summed E-state index contributed by atoms with van der Waals surface area (Å²) >= 11 is 1.67. The maximum atomic E-state index is 13.1. The molecule has 102 valence electrons. The molecule has 1 saturated carbocycles. The van der Waals surface area contributed by atoms with Crippen LogP contribution in [-0.2, 0) is 6.54 Å². The molecule has 3 rings (SSSR count). The number of fused-ring (bicyclic) bond motifs is 1. The van der Waals surface area contributed by atoms with Crippen LogP contribution in [-0.4, -0.2) is 18.6 Å². The number of halogens is 1. The first-order valence-corrected chi connectivity index (χ1v) is 7.67. The first kappa shape index (κ1) is 13.0. The van der Waals surface area contributed by atoms with Crippen LogP contribution in [0.3, 0.4) is 0 Å². The zero-order valence-corrected chi connectivity index (χ0v) is 11.9. The van der Waals surface area contributed by atoms with Gasteiger partial charge in [0.25, 0.3) is 0 Å². The normalized spacial score (nSPS) is 16.9. The highest BCUT2D eigenvalue weighted by molar-refractivity contribution is 7.19. The molecule has 19 heavy (non-hydrogen) atoms. The number of hydrogen-bond acceptors (Lipinski definition) is 3. The minimum absolute atomic E-state index is 0.157. The van der Waals surface area contributed by atoms with Crippen molar-refractivity contribution in [1.82, 2.24) is 10.6 Å². The molecular formula is C15H19FN2S. The second kappa shape index (κ2) is 5.57. The molecule has 1 fully saturated rings. The van der Waals surface area contributed by atoms with Gasteiger partial charge in [-0.3, -0.25) is 0 Å². The molecule has 0 spiro atoms. The molecule has 0 bridgehead atoms. The molecule has 2 aromatic rings. The Morgan fingerprint density at radius 3 is 3.00 bits per heavy atom. The summed E-state index contributed by atoms with van der Waals surface area (Å²) in [6, 6.07) is 8.35. The lowest BCUT2D eigenvalue weighted by Crippen LogP contribution is -2.36. The van der Waals surface area contributed by atoms with Gasteiger partial charge in [0.2, 0.25) is 0 Å². The molecule has 1 atom stereocenters. The molecule has 1 heterocycles. The highest BCUT2D eigenvalue weighted by Crippen LogP contribution is 2.26. The predicted octanol–water partition coefficient (Wildman–Crippen LogP) is 3.27. The van der Waals surface area contributed by atoms with Crippen LogP contribution in [0.2, 0.25) is 0 Å². The summed E-state index contributed by atoms with van der Waals surface area (Å²) in [6.45, 7) is 4.07. The van der Waals surface area contributed by atoms with E-state index in [0.717, 1.165) is 29.2 Å². The lowest BCUT2D eigenvalue weighted by Gasteiger charge is -2.13. The maximum absolute atomic E-state index is 13.1. The molecule has 0 saturated heterocycles. The summed E-state index contributed by atoms with van der Waals surface area (Å²) in [5.74, 6) is -0.157. The summed E-state index contributed by atoms with van der Waals surface area (Å²) in [6.07, 6.45) is 2.66. The van der Waals surface area contributed by atoms with Crippen molar-refractivity contribution >= 4 is 21.4 Å². The van der Waals surface area contributed by atoms with Crippen molar-refractivity contribution in [1.29, 1.82) is 0 Å². The van der Waals surface area contributed by atoms with Crippen LogP contribution in [0.15, 0.2) is 24.3 Å². The highest BCUT2D eigenvalue weighted by atomic mass is 32.1. The number of benzene rings is 1. The van der Waals surface area contributed by atoms with Crippen molar-refractivity contribution in [2.24, 2.45) is 0 Å². The molecule has 1 aliphatic carbocycles. The van der Waals surface area contributed by atoms with E-state index in [-0.39, 0.29) is 5.82 Å². The van der Waals surface area contributed by atoms with Gasteiger partial charge in [-0.1, -0.05) is 6.07 Å². The summed E-state index contributed by atoms with van der Waals surface area (Å²) < 4.78 is 14.2. The Morgan fingerprint density at radius 2 is 2.21 bits per heavy atom. The van der Waals surface area contributed by atoms with Gasteiger partial charge >= 0.3 is 0 Å². The van der Waals surface area contributed by atoms with Crippen molar-refractivity contribution < 1.29 is 4.39 Å². The molecule has 1 aromatic carbocycles. The van der Waals surface area contributed by atoms with E-state index in [1.165, 1.54) is 23.8 Å². The lowest BCUT2D eigenvalue weighted by molar-refractivity contribution is 0.502. The molecule has 1 unspecified atom stereocenters. The van der Waals surface area contributed by atoms with Crippen molar-refractivity contribution in [3.05, 3.63) is 35.0 Å². The van der Waals surface area contributed by atoms with Crippen molar-refractivity contribution in [2.75, 3.05) is 6.54 Å². The van der Waals surface area contributed by atoms with Gasteiger partial charge in [0.05, 0.1) is 0 Å². The summed E-state index contributed by atoms with van der Waals surface area (Å²) in [7, 11) is 0. The molecule has 0 radical (unpaired) electrons. The minimum atomic E-state index is -0.157. The smallest absolute Gasteiger partial charge is 0.124 e. The van der Waals surface area contributed by atoms with Crippen LogP contribution in [0, 0.1) is 5.82 Å². The monoisotopic (exact) mass is 278 g/mol. The van der Waals surface area contributed by atoms with Crippen LogP contribution in [0.1, 0.15) is 24.6 Å². The van der Waals surface area contributed by atoms with Crippen molar-refractivity contribution in [2.45, 2.75) is 38.4 Å². The van der Waals surface area contributed by atoms with E-state index < -0.39 is 0 Å². The summed E-state index contributed by atoms with van der Waals surface area (Å²) in [4.78, 5) is 1.26. The van der Waals surface area contributed by atoms with Gasteiger partial charge in [-0.15, -0.1) is 11.3 Å². The minimum Gasteiger partial charge on any atom is -0.312 e. The number of hydrogen-bond donors (Lipinski definition) is 2. The van der Waals surface area contributed by atoms with Crippen LogP contribution in [0.25, 0.3) is 10.1 Å². The van der Waals surface area contributed by atoms with E-state index in [2.05, 4.69) is 23.6 Å². The zero-order valence-electron chi connectivity index (χ0n) is 11.1. The third-order valence-electron chi connectivity index (χ3n) is 3.45.